The summed E-state index contributed by atoms with van der Waals surface area (Å²) in [6, 6.07) is -0.474. The van der Waals surface area contributed by atoms with Gasteiger partial charge in [0.2, 0.25) is 0 Å². The van der Waals surface area contributed by atoms with E-state index in [0.29, 0.717) is 12.4 Å². The van der Waals surface area contributed by atoms with Crippen LogP contribution in [0, 0.1) is 0 Å². The van der Waals surface area contributed by atoms with E-state index in [1.807, 2.05) is 0 Å². The van der Waals surface area contributed by atoms with Crippen molar-refractivity contribution in [2.24, 2.45) is 0 Å². The SMILES string of the molecule is CCOC(=O)C(C)Nc1cncc(Cl)n1. The minimum Gasteiger partial charge on any atom is -0.464 e. The van der Waals surface area contributed by atoms with Gasteiger partial charge in [0.05, 0.1) is 19.0 Å². The molecule has 15 heavy (non-hydrogen) atoms. The molecule has 0 saturated carbocycles. The number of hydrogen-bond acceptors (Lipinski definition) is 5. The second-order valence-electron chi connectivity index (χ2n) is 2.85. The van der Waals surface area contributed by atoms with Crippen LogP contribution in [-0.4, -0.2) is 28.6 Å². The molecule has 0 saturated heterocycles. The molecule has 1 aromatic rings. The summed E-state index contributed by atoms with van der Waals surface area (Å²) >= 11 is 5.64. The van der Waals surface area contributed by atoms with Crippen LogP contribution in [-0.2, 0) is 9.53 Å². The van der Waals surface area contributed by atoms with E-state index in [1.165, 1.54) is 12.4 Å². The minimum absolute atomic E-state index is 0.274. The monoisotopic (exact) mass is 229 g/mol. The van der Waals surface area contributed by atoms with Gasteiger partial charge >= 0.3 is 5.97 Å². The van der Waals surface area contributed by atoms with Crippen LogP contribution in [0.25, 0.3) is 0 Å². The standard InChI is InChI=1S/C9H12ClN3O2/c1-3-15-9(14)6(2)12-8-5-11-4-7(10)13-8/h4-6H,3H2,1-2H3,(H,12,13). The first kappa shape index (κ1) is 11.7. The fraction of sp³-hybridized carbons (Fsp3) is 0.444. The van der Waals surface area contributed by atoms with Gasteiger partial charge in [-0.3, -0.25) is 4.98 Å². The van der Waals surface area contributed by atoms with Crippen molar-refractivity contribution in [1.82, 2.24) is 9.97 Å². The van der Waals surface area contributed by atoms with Crippen molar-refractivity contribution >= 4 is 23.4 Å². The Labute approximate surface area is 92.8 Å². The summed E-state index contributed by atoms with van der Waals surface area (Å²) in [6.45, 7) is 3.79. The normalized spacial score (nSPS) is 11.9. The fourth-order valence-electron chi connectivity index (χ4n) is 0.960. The molecule has 1 heterocycles. The van der Waals surface area contributed by atoms with Gasteiger partial charge in [-0.1, -0.05) is 11.6 Å². The van der Waals surface area contributed by atoms with E-state index in [0.717, 1.165) is 0 Å². The Hall–Kier alpha value is -1.36. The van der Waals surface area contributed by atoms with Gasteiger partial charge < -0.3 is 10.1 Å². The Morgan fingerprint density at radius 2 is 2.40 bits per heavy atom. The van der Waals surface area contributed by atoms with Crippen molar-refractivity contribution < 1.29 is 9.53 Å². The van der Waals surface area contributed by atoms with Crippen molar-refractivity contribution in [3.05, 3.63) is 17.5 Å². The van der Waals surface area contributed by atoms with Crippen molar-refractivity contribution in [2.75, 3.05) is 11.9 Å². The highest BCUT2D eigenvalue weighted by molar-refractivity contribution is 6.29. The lowest BCUT2D eigenvalue weighted by Crippen LogP contribution is -2.28. The molecule has 1 atom stereocenters. The zero-order valence-corrected chi connectivity index (χ0v) is 9.28. The molecular formula is C9H12ClN3O2. The minimum atomic E-state index is -0.474. The van der Waals surface area contributed by atoms with Crippen molar-refractivity contribution in [3.8, 4) is 0 Å². The maximum Gasteiger partial charge on any atom is 0.328 e. The number of rotatable bonds is 4. The summed E-state index contributed by atoms with van der Waals surface area (Å²) in [5.41, 5.74) is 0. The molecule has 6 heteroatoms. The molecule has 0 spiro atoms. The highest BCUT2D eigenvalue weighted by atomic mass is 35.5. The Kier molecular flexibility index (Phi) is 4.30. The summed E-state index contributed by atoms with van der Waals surface area (Å²) in [5, 5.41) is 3.11. The topological polar surface area (TPSA) is 64.1 Å². The highest BCUT2D eigenvalue weighted by Gasteiger charge is 2.13. The maximum absolute atomic E-state index is 11.3. The fourth-order valence-corrected chi connectivity index (χ4v) is 1.11. The molecule has 1 unspecified atom stereocenters. The zero-order chi connectivity index (χ0) is 11.3. The summed E-state index contributed by atoms with van der Waals surface area (Å²) in [7, 11) is 0. The predicted octanol–water partition coefficient (Wildman–Crippen LogP) is 1.49. The van der Waals surface area contributed by atoms with Crippen molar-refractivity contribution in [2.45, 2.75) is 19.9 Å². The summed E-state index contributed by atoms with van der Waals surface area (Å²) in [6.07, 6.45) is 2.91. The third kappa shape index (κ3) is 3.71. The molecule has 0 aliphatic rings. The first-order chi connectivity index (χ1) is 7.13. The Balaban J connectivity index is 2.58. The molecule has 0 aliphatic carbocycles. The van der Waals surface area contributed by atoms with Crippen LogP contribution in [0.5, 0.6) is 0 Å². The zero-order valence-electron chi connectivity index (χ0n) is 8.53. The van der Waals surface area contributed by atoms with Crippen molar-refractivity contribution in [3.63, 3.8) is 0 Å². The first-order valence-corrected chi connectivity index (χ1v) is 4.92. The number of esters is 1. The van der Waals surface area contributed by atoms with Gasteiger partial charge in [-0.05, 0) is 13.8 Å². The average molecular weight is 230 g/mol. The molecule has 5 nitrogen and oxygen atoms in total. The van der Waals surface area contributed by atoms with E-state index < -0.39 is 6.04 Å². The number of halogens is 1. The Bertz CT molecular complexity index is 346. The number of carbonyl (C=O) groups is 1. The molecular weight excluding hydrogens is 218 g/mol. The van der Waals surface area contributed by atoms with Gasteiger partial charge in [0.25, 0.3) is 0 Å². The third-order valence-corrected chi connectivity index (χ3v) is 1.79. The van der Waals surface area contributed by atoms with E-state index in [-0.39, 0.29) is 11.1 Å². The predicted molar refractivity (Wildman–Crippen MR) is 56.8 cm³/mol. The van der Waals surface area contributed by atoms with Crippen LogP contribution in [0.15, 0.2) is 12.4 Å². The van der Waals surface area contributed by atoms with Crippen LogP contribution in [0.2, 0.25) is 5.15 Å². The van der Waals surface area contributed by atoms with E-state index in [1.54, 1.807) is 13.8 Å². The smallest absolute Gasteiger partial charge is 0.328 e. The third-order valence-electron chi connectivity index (χ3n) is 1.61. The molecule has 0 amide bonds. The molecule has 1 aromatic heterocycles. The molecule has 82 valence electrons. The van der Waals surface area contributed by atoms with E-state index in [9.17, 15) is 4.79 Å². The second-order valence-corrected chi connectivity index (χ2v) is 3.23. The van der Waals surface area contributed by atoms with E-state index in [4.69, 9.17) is 16.3 Å². The van der Waals surface area contributed by atoms with Crippen LogP contribution < -0.4 is 5.32 Å². The first-order valence-electron chi connectivity index (χ1n) is 4.54. The van der Waals surface area contributed by atoms with Gasteiger partial charge in [-0.25, -0.2) is 9.78 Å². The van der Waals surface area contributed by atoms with Gasteiger partial charge in [-0.15, -0.1) is 0 Å². The Morgan fingerprint density at radius 3 is 3.00 bits per heavy atom. The average Bonchev–Trinajstić information content (AvgIpc) is 2.18. The van der Waals surface area contributed by atoms with Gasteiger partial charge in [0.15, 0.2) is 0 Å². The van der Waals surface area contributed by atoms with E-state index in [2.05, 4.69) is 15.3 Å². The number of carbonyl (C=O) groups excluding carboxylic acids is 1. The van der Waals surface area contributed by atoms with Crippen LogP contribution >= 0.6 is 11.6 Å². The van der Waals surface area contributed by atoms with Gasteiger partial charge in [0, 0.05) is 0 Å². The quantitative estimate of drug-likeness (QED) is 0.793. The van der Waals surface area contributed by atoms with Crippen molar-refractivity contribution in [1.29, 1.82) is 0 Å². The molecule has 0 radical (unpaired) electrons. The van der Waals surface area contributed by atoms with Crippen LogP contribution in [0.3, 0.4) is 0 Å². The molecule has 0 aliphatic heterocycles. The Morgan fingerprint density at radius 1 is 1.67 bits per heavy atom. The largest absolute Gasteiger partial charge is 0.464 e. The summed E-state index contributed by atoms with van der Waals surface area (Å²) < 4.78 is 4.82. The van der Waals surface area contributed by atoms with Crippen LogP contribution in [0.4, 0.5) is 5.82 Å². The number of ether oxygens (including phenoxy) is 1. The van der Waals surface area contributed by atoms with Crippen LogP contribution in [0.1, 0.15) is 13.8 Å². The number of nitrogens with one attached hydrogen (secondary N) is 1. The molecule has 0 bridgehead atoms. The second kappa shape index (κ2) is 5.50. The van der Waals surface area contributed by atoms with Gasteiger partial charge in [0.1, 0.15) is 17.0 Å². The lowest BCUT2D eigenvalue weighted by molar-refractivity contribution is -0.143. The lowest BCUT2D eigenvalue weighted by atomic mass is 10.3. The number of hydrogen-bond donors (Lipinski definition) is 1. The number of aromatic nitrogens is 2. The maximum atomic E-state index is 11.3. The van der Waals surface area contributed by atoms with E-state index >= 15 is 0 Å². The van der Waals surface area contributed by atoms with Gasteiger partial charge in [-0.2, -0.15) is 0 Å². The number of nitrogens with zero attached hydrogens (tertiary/aromatic N) is 2. The molecule has 1 rings (SSSR count). The molecule has 0 aromatic carbocycles. The highest BCUT2D eigenvalue weighted by Crippen LogP contribution is 2.08. The lowest BCUT2D eigenvalue weighted by Gasteiger charge is -2.12. The molecule has 1 N–H and O–H groups in total. The summed E-state index contributed by atoms with van der Waals surface area (Å²) in [4.78, 5) is 19.0. The molecule has 0 fully saturated rings. The number of anilines is 1. The summed E-state index contributed by atoms with van der Waals surface area (Å²) in [5.74, 6) is 0.113.